The van der Waals surface area contributed by atoms with E-state index in [0.717, 1.165) is 6.42 Å². The van der Waals surface area contributed by atoms with Crippen LogP contribution in [0.5, 0.6) is 0 Å². The van der Waals surface area contributed by atoms with Gasteiger partial charge in [-0.15, -0.1) is 0 Å². The number of nitrogens with two attached hydrogens (primary N) is 1. The average molecular weight is 368 g/mol. The number of rotatable bonds is 5. The standard InChI is InChI=1S/C17H24N2O5S/c1-11-8-14(10-15(12(11)2)17(21)22)25(23,24)19-6-3-4-13(5-7-19)9-16(18)20/h8,10,13H,3-7,9H2,1-2H3,(H2,18,20)(H,21,22). The summed E-state index contributed by atoms with van der Waals surface area (Å²) in [4.78, 5) is 22.5. The number of sulfonamides is 1. The van der Waals surface area contributed by atoms with Gasteiger partial charge >= 0.3 is 5.97 Å². The van der Waals surface area contributed by atoms with Crippen molar-refractivity contribution in [1.82, 2.24) is 4.31 Å². The van der Waals surface area contributed by atoms with Gasteiger partial charge in [-0.05, 0) is 62.3 Å². The van der Waals surface area contributed by atoms with Crippen molar-refractivity contribution in [2.45, 2.75) is 44.4 Å². The molecule has 1 amide bonds. The van der Waals surface area contributed by atoms with Gasteiger partial charge in [0.25, 0.3) is 0 Å². The van der Waals surface area contributed by atoms with E-state index in [9.17, 15) is 23.1 Å². The van der Waals surface area contributed by atoms with Crippen molar-refractivity contribution in [1.29, 1.82) is 0 Å². The number of hydrogen-bond donors (Lipinski definition) is 2. The molecule has 0 aromatic heterocycles. The van der Waals surface area contributed by atoms with Crippen LogP contribution in [-0.4, -0.2) is 42.8 Å². The molecule has 1 aliphatic rings. The Labute approximate surface area is 147 Å². The number of benzene rings is 1. The van der Waals surface area contributed by atoms with E-state index in [1.807, 2.05) is 0 Å². The zero-order valence-corrected chi connectivity index (χ0v) is 15.3. The van der Waals surface area contributed by atoms with Crippen molar-refractivity contribution in [3.05, 3.63) is 28.8 Å². The molecule has 0 aliphatic carbocycles. The van der Waals surface area contributed by atoms with Crippen molar-refractivity contribution in [2.24, 2.45) is 11.7 Å². The normalized spacial score (nSPS) is 19.4. The van der Waals surface area contributed by atoms with Gasteiger partial charge < -0.3 is 10.8 Å². The predicted molar refractivity (Wildman–Crippen MR) is 92.8 cm³/mol. The molecule has 1 aliphatic heterocycles. The first-order valence-corrected chi connectivity index (χ1v) is 9.70. The number of hydrogen-bond acceptors (Lipinski definition) is 4. The summed E-state index contributed by atoms with van der Waals surface area (Å²) >= 11 is 0. The number of carboxylic acid groups (broad SMARTS) is 1. The van der Waals surface area contributed by atoms with Crippen LogP contribution in [0.1, 0.15) is 47.2 Å². The molecular formula is C17H24N2O5S. The highest BCUT2D eigenvalue weighted by molar-refractivity contribution is 7.89. The molecule has 0 saturated carbocycles. The maximum atomic E-state index is 12.9. The number of carbonyl (C=O) groups is 2. The maximum Gasteiger partial charge on any atom is 0.336 e. The minimum Gasteiger partial charge on any atom is -0.478 e. The van der Waals surface area contributed by atoms with E-state index in [1.54, 1.807) is 13.8 Å². The molecule has 1 unspecified atom stereocenters. The zero-order valence-electron chi connectivity index (χ0n) is 14.5. The quantitative estimate of drug-likeness (QED) is 0.819. The summed E-state index contributed by atoms with van der Waals surface area (Å²) in [6.45, 7) is 4.02. The topological polar surface area (TPSA) is 118 Å². The Morgan fingerprint density at radius 3 is 2.52 bits per heavy atom. The van der Waals surface area contributed by atoms with Gasteiger partial charge in [0.1, 0.15) is 0 Å². The highest BCUT2D eigenvalue weighted by atomic mass is 32.2. The molecule has 0 bridgehead atoms. The number of primary amides is 1. The second kappa shape index (κ2) is 7.53. The van der Waals surface area contributed by atoms with E-state index in [-0.39, 0.29) is 28.7 Å². The molecular weight excluding hydrogens is 344 g/mol. The Kier molecular flexibility index (Phi) is 5.84. The van der Waals surface area contributed by atoms with Gasteiger partial charge in [0.15, 0.2) is 0 Å². The highest BCUT2D eigenvalue weighted by Crippen LogP contribution is 2.27. The second-order valence-electron chi connectivity index (χ2n) is 6.59. The number of aryl methyl sites for hydroxylation is 1. The third-order valence-corrected chi connectivity index (χ3v) is 6.68. The van der Waals surface area contributed by atoms with Crippen LogP contribution >= 0.6 is 0 Å². The second-order valence-corrected chi connectivity index (χ2v) is 8.53. The smallest absolute Gasteiger partial charge is 0.336 e. The summed E-state index contributed by atoms with van der Waals surface area (Å²) in [6.07, 6.45) is 2.23. The summed E-state index contributed by atoms with van der Waals surface area (Å²) in [5, 5.41) is 9.30. The predicted octanol–water partition coefficient (Wildman–Crippen LogP) is 1.67. The Hall–Kier alpha value is -1.93. The molecule has 7 nitrogen and oxygen atoms in total. The lowest BCUT2D eigenvalue weighted by atomic mass is 9.97. The largest absolute Gasteiger partial charge is 0.478 e. The van der Waals surface area contributed by atoms with Crippen molar-refractivity contribution >= 4 is 21.9 Å². The molecule has 1 atom stereocenters. The van der Waals surface area contributed by atoms with E-state index in [4.69, 9.17) is 5.73 Å². The molecule has 1 heterocycles. The van der Waals surface area contributed by atoms with Crippen molar-refractivity contribution in [3.8, 4) is 0 Å². The van der Waals surface area contributed by atoms with Gasteiger partial charge in [-0.3, -0.25) is 4.79 Å². The van der Waals surface area contributed by atoms with Crippen molar-refractivity contribution in [2.75, 3.05) is 13.1 Å². The van der Waals surface area contributed by atoms with Crippen LogP contribution in [0.25, 0.3) is 0 Å². The van der Waals surface area contributed by atoms with E-state index in [2.05, 4.69) is 0 Å². The monoisotopic (exact) mass is 368 g/mol. The van der Waals surface area contributed by atoms with Crippen molar-refractivity contribution < 1.29 is 23.1 Å². The highest BCUT2D eigenvalue weighted by Gasteiger charge is 2.29. The van der Waals surface area contributed by atoms with Gasteiger partial charge in [0, 0.05) is 19.5 Å². The van der Waals surface area contributed by atoms with Crippen LogP contribution in [0, 0.1) is 19.8 Å². The summed E-state index contributed by atoms with van der Waals surface area (Å²) in [7, 11) is -3.78. The average Bonchev–Trinajstić information content (AvgIpc) is 2.74. The minimum absolute atomic E-state index is 0.00000177. The first-order chi connectivity index (χ1) is 11.6. The number of carbonyl (C=O) groups excluding carboxylic acids is 1. The fraction of sp³-hybridized carbons (Fsp3) is 0.529. The van der Waals surface area contributed by atoms with Gasteiger partial charge in [0.2, 0.25) is 15.9 Å². The first-order valence-electron chi connectivity index (χ1n) is 8.26. The molecule has 0 spiro atoms. The summed E-state index contributed by atoms with van der Waals surface area (Å²) in [5.41, 5.74) is 6.42. The number of nitrogens with zero attached hydrogens (tertiary/aromatic N) is 1. The first kappa shape index (κ1) is 19.4. The van der Waals surface area contributed by atoms with Gasteiger partial charge in [0.05, 0.1) is 10.5 Å². The molecule has 1 aromatic rings. The number of carboxylic acids is 1. The molecule has 1 saturated heterocycles. The Morgan fingerprint density at radius 1 is 1.24 bits per heavy atom. The summed E-state index contributed by atoms with van der Waals surface area (Å²) in [6, 6.07) is 2.74. The molecule has 0 radical (unpaired) electrons. The molecule has 1 fully saturated rings. The third-order valence-electron chi connectivity index (χ3n) is 4.81. The lowest BCUT2D eigenvalue weighted by Gasteiger charge is -2.21. The molecule has 2 rings (SSSR count). The van der Waals surface area contributed by atoms with Crippen molar-refractivity contribution in [3.63, 3.8) is 0 Å². The number of aromatic carboxylic acids is 1. The molecule has 8 heteroatoms. The van der Waals surface area contributed by atoms with Gasteiger partial charge in [-0.2, -0.15) is 4.31 Å². The fourth-order valence-corrected chi connectivity index (χ4v) is 4.82. The van der Waals surface area contributed by atoms with Crippen LogP contribution in [0.3, 0.4) is 0 Å². The lowest BCUT2D eigenvalue weighted by molar-refractivity contribution is -0.119. The summed E-state index contributed by atoms with van der Waals surface area (Å²) in [5.74, 6) is -1.43. The fourth-order valence-electron chi connectivity index (χ4n) is 3.21. The van der Waals surface area contributed by atoms with Gasteiger partial charge in [-0.1, -0.05) is 0 Å². The SMILES string of the molecule is Cc1cc(S(=O)(=O)N2CCCC(CC(N)=O)CC2)cc(C(=O)O)c1C. The van der Waals surface area contributed by atoms with Gasteiger partial charge in [-0.25, -0.2) is 13.2 Å². The minimum atomic E-state index is -3.78. The molecule has 1 aromatic carbocycles. The molecule has 3 N–H and O–H groups in total. The maximum absolute atomic E-state index is 12.9. The molecule has 138 valence electrons. The van der Waals surface area contributed by atoms with E-state index >= 15 is 0 Å². The van der Waals surface area contributed by atoms with Crippen LogP contribution in [0.15, 0.2) is 17.0 Å². The van der Waals surface area contributed by atoms with Crippen LogP contribution in [0.2, 0.25) is 0 Å². The molecule has 25 heavy (non-hydrogen) atoms. The van der Waals surface area contributed by atoms with Crippen LogP contribution in [-0.2, 0) is 14.8 Å². The lowest BCUT2D eigenvalue weighted by Crippen LogP contribution is -2.32. The van der Waals surface area contributed by atoms with Crippen LogP contribution in [0.4, 0.5) is 0 Å². The van der Waals surface area contributed by atoms with Crippen LogP contribution < -0.4 is 5.73 Å². The van der Waals surface area contributed by atoms with E-state index < -0.39 is 16.0 Å². The summed E-state index contributed by atoms with van der Waals surface area (Å²) < 4.78 is 27.3. The van der Waals surface area contributed by atoms with E-state index in [1.165, 1.54) is 16.4 Å². The van der Waals surface area contributed by atoms with E-state index in [0.29, 0.717) is 37.1 Å². The Balaban J connectivity index is 2.30. The Morgan fingerprint density at radius 2 is 1.92 bits per heavy atom. The number of amides is 1. The third kappa shape index (κ3) is 4.38. The zero-order chi connectivity index (χ0) is 18.8. The Bertz CT molecular complexity index is 788.